The normalized spacial score (nSPS) is 15.9. The van der Waals surface area contributed by atoms with Crippen LogP contribution in [0.25, 0.3) is 0 Å². The molecule has 6 nitrogen and oxygen atoms in total. The molecule has 112 valence electrons. The van der Waals surface area contributed by atoms with Gasteiger partial charge in [-0.25, -0.2) is 9.97 Å². The van der Waals surface area contributed by atoms with Crippen LogP contribution in [0.3, 0.4) is 0 Å². The van der Waals surface area contributed by atoms with Crippen molar-refractivity contribution >= 4 is 11.7 Å². The van der Waals surface area contributed by atoms with Gasteiger partial charge in [0.2, 0.25) is 5.91 Å². The molecule has 0 aromatic carbocycles. The van der Waals surface area contributed by atoms with Gasteiger partial charge in [0.15, 0.2) is 11.5 Å². The molecule has 21 heavy (non-hydrogen) atoms. The molecule has 0 saturated carbocycles. The van der Waals surface area contributed by atoms with Crippen LogP contribution in [0.5, 0.6) is 0 Å². The van der Waals surface area contributed by atoms with Gasteiger partial charge in [-0.1, -0.05) is 0 Å². The third-order valence-corrected chi connectivity index (χ3v) is 4.05. The molecule has 1 aliphatic heterocycles. The van der Waals surface area contributed by atoms with E-state index in [4.69, 9.17) is 5.26 Å². The van der Waals surface area contributed by atoms with Gasteiger partial charge in [0.25, 0.3) is 0 Å². The Morgan fingerprint density at radius 2 is 2.00 bits per heavy atom. The summed E-state index contributed by atoms with van der Waals surface area (Å²) in [6, 6.07) is 2.29. The highest BCUT2D eigenvalue weighted by molar-refractivity contribution is 5.79. The minimum atomic E-state index is 0.0656. The summed E-state index contributed by atoms with van der Waals surface area (Å²) >= 11 is 0. The molecule has 1 amide bonds. The summed E-state index contributed by atoms with van der Waals surface area (Å²) < 4.78 is 0. The first kappa shape index (κ1) is 15.2. The van der Waals surface area contributed by atoms with Crippen LogP contribution in [0.2, 0.25) is 0 Å². The van der Waals surface area contributed by atoms with Crippen LogP contribution in [0.4, 0.5) is 5.82 Å². The van der Waals surface area contributed by atoms with Crippen molar-refractivity contribution in [3.63, 3.8) is 0 Å². The van der Waals surface area contributed by atoms with E-state index < -0.39 is 0 Å². The summed E-state index contributed by atoms with van der Waals surface area (Å²) in [6.45, 7) is 5.50. The molecule has 1 aliphatic rings. The van der Waals surface area contributed by atoms with E-state index in [9.17, 15) is 4.79 Å². The summed E-state index contributed by atoms with van der Waals surface area (Å²) in [4.78, 5) is 24.5. The van der Waals surface area contributed by atoms with E-state index in [1.54, 1.807) is 6.20 Å². The lowest BCUT2D eigenvalue weighted by Gasteiger charge is -2.34. The van der Waals surface area contributed by atoms with Crippen molar-refractivity contribution < 1.29 is 4.79 Å². The number of anilines is 1. The highest BCUT2D eigenvalue weighted by Crippen LogP contribution is 2.24. The third-order valence-electron chi connectivity index (χ3n) is 4.05. The number of nitriles is 1. The molecule has 0 N–H and O–H groups in total. The van der Waals surface area contributed by atoms with Crippen molar-refractivity contribution in [1.82, 2.24) is 14.9 Å². The van der Waals surface area contributed by atoms with Gasteiger partial charge >= 0.3 is 0 Å². The van der Waals surface area contributed by atoms with Crippen LogP contribution >= 0.6 is 0 Å². The predicted molar refractivity (Wildman–Crippen MR) is 79.6 cm³/mol. The van der Waals surface area contributed by atoms with Crippen molar-refractivity contribution in [2.24, 2.45) is 5.92 Å². The molecule has 0 atom stereocenters. The highest BCUT2D eigenvalue weighted by atomic mass is 16.2. The second-order valence-electron chi connectivity index (χ2n) is 5.64. The van der Waals surface area contributed by atoms with Gasteiger partial charge < -0.3 is 9.80 Å². The van der Waals surface area contributed by atoms with Gasteiger partial charge in [-0.05, 0) is 26.7 Å². The first-order valence-electron chi connectivity index (χ1n) is 7.27. The van der Waals surface area contributed by atoms with Crippen molar-refractivity contribution in [3.8, 4) is 6.07 Å². The minimum absolute atomic E-state index is 0.0656. The standard InChI is InChI=1S/C15H21N5O/c1-11(2)19(3)15(21)12-4-8-20(9-5-12)14-13(10-16)17-6-7-18-14/h6-7,11-12H,4-5,8-9H2,1-3H3. The lowest BCUT2D eigenvalue weighted by Crippen LogP contribution is -2.43. The van der Waals surface area contributed by atoms with Gasteiger partial charge in [0.05, 0.1) is 0 Å². The number of nitrogens with zero attached hydrogens (tertiary/aromatic N) is 5. The number of rotatable bonds is 3. The molecule has 0 bridgehead atoms. The fourth-order valence-corrected chi connectivity index (χ4v) is 2.52. The lowest BCUT2D eigenvalue weighted by atomic mass is 9.95. The maximum Gasteiger partial charge on any atom is 0.225 e. The van der Waals surface area contributed by atoms with Gasteiger partial charge in [0, 0.05) is 44.5 Å². The van der Waals surface area contributed by atoms with Gasteiger partial charge in [-0.15, -0.1) is 0 Å². The molecule has 1 saturated heterocycles. The number of hydrogen-bond acceptors (Lipinski definition) is 5. The molecule has 6 heteroatoms. The molecule has 2 heterocycles. The van der Waals surface area contributed by atoms with Crippen LogP contribution in [0.15, 0.2) is 12.4 Å². The van der Waals surface area contributed by atoms with E-state index in [0.717, 1.165) is 25.9 Å². The van der Waals surface area contributed by atoms with Gasteiger partial charge in [0.1, 0.15) is 6.07 Å². The van der Waals surface area contributed by atoms with E-state index in [0.29, 0.717) is 11.5 Å². The fourth-order valence-electron chi connectivity index (χ4n) is 2.52. The number of carbonyl (C=O) groups is 1. The van der Waals surface area contributed by atoms with Crippen LogP contribution in [0, 0.1) is 17.2 Å². The zero-order valence-corrected chi connectivity index (χ0v) is 12.8. The Morgan fingerprint density at radius 3 is 2.57 bits per heavy atom. The third kappa shape index (κ3) is 3.30. The molecule has 1 fully saturated rings. The first-order valence-corrected chi connectivity index (χ1v) is 7.27. The van der Waals surface area contributed by atoms with E-state index in [2.05, 4.69) is 16.0 Å². The molecular formula is C15H21N5O. The van der Waals surface area contributed by atoms with E-state index in [1.165, 1.54) is 6.20 Å². The topological polar surface area (TPSA) is 73.1 Å². The monoisotopic (exact) mass is 287 g/mol. The Labute approximate surface area is 125 Å². The number of hydrogen-bond donors (Lipinski definition) is 0. The summed E-state index contributed by atoms with van der Waals surface area (Å²) in [5, 5.41) is 9.08. The smallest absolute Gasteiger partial charge is 0.225 e. The maximum absolute atomic E-state index is 12.3. The second kappa shape index (κ2) is 6.53. The van der Waals surface area contributed by atoms with E-state index in [-0.39, 0.29) is 17.9 Å². The van der Waals surface area contributed by atoms with Crippen molar-refractivity contribution in [1.29, 1.82) is 5.26 Å². The van der Waals surface area contributed by atoms with Crippen LogP contribution in [0.1, 0.15) is 32.4 Å². The number of piperidine rings is 1. The van der Waals surface area contributed by atoms with Gasteiger partial charge in [-0.3, -0.25) is 4.79 Å². The second-order valence-corrected chi connectivity index (χ2v) is 5.64. The Bertz CT molecular complexity index is 543. The quantitative estimate of drug-likeness (QED) is 0.841. The average molecular weight is 287 g/mol. The zero-order chi connectivity index (χ0) is 15.4. The molecular weight excluding hydrogens is 266 g/mol. The van der Waals surface area contributed by atoms with Crippen molar-refractivity contribution in [2.75, 3.05) is 25.0 Å². The molecule has 0 radical (unpaired) electrons. The van der Waals surface area contributed by atoms with E-state index >= 15 is 0 Å². The van der Waals surface area contributed by atoms with Crippen LogP contribution in [-0.4, -0.2) is 47.0 Å². The largest absolute Gasteiger partial charge is 0.354 e. The number of carbonyl (C=O) groups excluding carboxylic acids is 1. The van der Waals surface area contributed by atoms with Crippen LogP contribution < -0.4 is 4.90 Å². The van der Waals surface area contributed by atoms with Crippen molar-refractivity contribution in [3.05, 3.63) is 18.1 Å². The predicted octanol–water partition coefficient (Wildman–Crippen LogP) is 1.43. The Balaban J connectivity index is 2.01. The minimum Gasteiger partial charge on any atom is -0.354 e. The number of amides is 1. The summed E-state index contributed by atoms with van der Waals surface area (Å²) in [6.07, 6.45) is 4.70. The SMILES string of the molecule is CC(C)N(C)C(=O)C1CCN(c2nccnc2C#N)CC1. The molecule has 0 unspecified atom stereocenters. The van der Waals surface area contributed by atoms with E-state index in [1.807, 2.05) is 30.7 Å². The summed E-state index contributed by atoms with van der Waals surface area (Å²) in [5.74, 6) is 0.906. The number of aromatic nitrogens is 2. The molecule has 1 aromatic heterocycles. The summed E-state index contributed by atoms with van der Waals surface area (Å²) in [5.41, 5.74) is 0.349. The Hall–Kier alpha value is -2.16. The average Bonchev–Trinajstić information content (AvgIpc) is 2.53. The Kier molecular flexibility index (Phi) is 4.73. The maximum atomic E-state index is 12.3. The van der Waals surface area contributed by atoms with Gasteiger partial charge in [-0.2, -0.15) is 5.26 Å². The first-order chi connectivity index (χ1) is 10.0. The molecule has 1 aromatic rings. The molecule has 0 spiro atoms. The molecule has 2 rings (SSSR count). The lowest BCUT2D eigenvalue weighted by molar-refractivity contribution is -0.136. The Morgan fingerprint density at radius 1 is 1.38 bits per heavy atom. The molecule has 0 aliphatic carbocycles. The zero-order valence-electron chi connectivity index (χ0n) is 12.8. The van der Waals surface area contributed by atoms with Crippen molar-refractivity contribution in [2.45, 2.75) is 32.7 Å². The highest BCUT2D eigenvalue weighted by Gasteiger charge is 2.29. The fraction of sp³-hybridized carbons (Fsp3) is 0.600. The van der Waals surface area contributed by atoms with Crippen LogP contribution in [-0.2, 0) is 4.79 Å². The summed E-state index contributed by atoms with van der Waals surface area (Å²) in [7, 11) is 1.86.